The van der Waals surface area contributed by atoms with Crippen LogP contribution in [0.4, 0.5) is 0 Å². The van der Waals surface area contributed by atoms with E-state index in [4.69, 9.17) is 0 Å². The van der Waals surface area contributed by atoms with Crippen LogP contribution in [0.3, 0.4) is 0 Å². The summed E-state index contributed by atoms with van der Waals surface area (Å²) in [4.78, 5) is 16.0. The number of aromatic nitrogens is 1. The van der Waals surface area contributed by atoms with Gasteiger partial charge >= 0.3 is 0 Å². The average molecular weight is 249 g/mol. The van der Waals surface area contributed by atoms with Crippen LogP contribution >= 0.6 is 0 Å². The first-order valence-electron chi connectivity index (χ1n) is 6.36. The van der Waals surface area contributed by atoms with Crippen LogP contribution in [-0.4, -0.2) is 4.98 Å². The van der Waals surface area contributed by atoms with Crippen LogP contribution in [0.15, 0.2) is 53.3 Å². The molecule has 0 aliphatic heterocycles. The lowest BCUT2D eigenvalue weighted by atomic mass is 9.97. The van der Waals surface area contributed by atoms with E-state index in [2.05, 4.69) is 4.98 Å². The van der Waals surface area contributed by atoms with Crippen LogP contribution in [0.25, 0.3) is 22.0 Å². The molecule has 94 valence electrons. The number of H-pyrrole nitrogens is 1. The van der Waals surface area contributed by atoms with Crippen molar-refractivity contribution in [2.45, 2.75) is 13.8 Å². The first kappa shape index (κ1) is 11.7. The van der Waals surface area contributed by atoms with Crippen LogP contribution in [0.5, 0.6) is 0 Å². The van der Waals surface area contributed by atoms with Crippen molar-refractivity contribution in [1.82, 2.24) is 4.98 Å². The second-order valence-corrected chi connectivity index (χ2v) is 4.81. The summed E-state index contributed by atoms with van der Waals surface area (Å²) in [6, 6.07) is 15.6. The van der Waals surface area contributed by atoms with Gasteiger partial charge in [-0.05, 0) is 37.1 Å². The van der Waals surface area contributed by atoms with E-state index in [1.807, 2.05) is 62.4 Å². The maximum atomic E-state index is 12.7. The van der Waals surface area contributed by atoms with Crippen LogP contribution in [0.2, 0.25) is 0 Å². The number of nitrogens with one attached hydrogen (secondary N) is 1. The maximum absolute atomic E-state index is 12.7. The number of aromatic amines is 1. The third kappa shape index (κ3) is 1.85. The summed E-state index contributed by atoms with van der Waals surface area (Å²) in [6.07, 6.45) is 0. The van der Waals surface area contributed by atoms with E-state index in [0.717, 1.165) is 33.3 Å². The number of hydrogen-bond acceptors (Lipinski definition) is 1. The van der Waals surface area contributed by atoms with E-state index < -0.39 is 0 Å². The monoisotopic (exact) mass is 249 g/mol. The van der Waals surface area contributed by atoms with Crippen molar-refractivity contribution in [1.29, 1.82) is 0 Å². The Morgan fingerprint density at radius 3 is 2.37 bits per heavy atom. The molecule has 0 aliphatic carbocycles. The van der Waals surface area contributed by atoms with Gasteiger partial charge in [0.15, 0.2) is 5.43 Å². The van der Waals surface area contributed by atoms with E-state index in [1.54, 1.807) is 0 Å². The van der Waals surface area contributed by atoms with Crippen molar-refractivity contribution >= 4 is 10.9 Å². The Morgan fingerprint density at radius 1 is 0.895 bits per heavy atom. The highest BCUT2D eigenvalue weighted by atomic mass is 16.1. The molecule has 0 saturated carbocycles. The van der Waals surface area contributed by atoms with Crippen molar-refractivity contribution in [3.8, 4) is 11.1 Å². The summed E-state index contributed by atoms with van der Waals surface area (Å²) in [5, 5.41) is 0.742. The number of aryl methyl sites for hydroxylation is 2. The fourth-order valence-corrected chi connectivity index (χ4v) is 2.54. The van der Waals surface area contributed by atoms with Crippen molar-refractivity contribution in [2.75, 3.05) is 0 Å². The summed E-state index contributed by atoms with van der Waals surface area (Å²) in [6.45, 7) is 3.99. The molecule has 3 rings (SSSR count). The fraction of sp³-hybridized carbons (Fsp3) is 0.118. The second kappa shape index (κ2) is 4.39. The SMILES string of the molecule is Cc1ccccc1-c1c(C)[nH]c2ccccc2c1=O. The molecule has 1 heterocycles. The lowest BCUT2D eigenvalue weighted by molar-refractivity contribution is 1.24. The molecule has 2 nitrogen and oxygen atoms in total. The molecule has 0 bridgehead atoms. The molecule has 2 aromatic carbocycles. The van der Waals surface area contributed by atoms with E-state index in [1.165, 1.54) is 0 Å². The molecule has 0 spiro atoms. The summed E-state index contributed by atoms with van der Waals surface area (Å²) < 4.78 is 0. The predicted molar refractivity (Wildman–Crippen MR) is 79.5 cm³/mol. The Morgan fingerprint density at radius 2 is 1.58 bits per heavy atom. The molecule has 1 N–H and O–H groups in total. The fourth-order valence-electron chi connectivity index (χ4n) is 2.54. The van der Waals surface area contributed by atoms with Gasteiger partial charge in [-0.1, -0.05) is 36.4 Å². The van der Waals surface area contributed by atoms with Gasteiger partial charge in [-0.3, -0.25) is 4.79 Å². The molecule has 0 atom stereocenters. The van der Waals surface area contributed by atoms with Gasteiger partial charge in [0, 0.05) is 22.2 Å². The van der Waals surface area contributed by atoms with Gasteiger partial charge in [0.05, 0.1) is 0 Å². The molecule has 0 radical (unpaired) electrons. The topological polar surface area (TPSA) is 32.9 Å². The van der Waals surface area contributed by atoms with Gasteiger partial charge in [0.25, 0.3) is 0 Å². The third-order valence-corrected chi connectivity index (χ3v) is 3.51. The zero-order valence-electron chi connectivity index (χ0n) is 11.0. The van der Waals surface area contributed by atoms with Crippen LogP contribution in [-0.2, 0) is 0 Å². The van der Waals surface area contributed by atoms with E-state index in [9.17, 15) is 4.79 Å². The molecular weight excluding hydrogens is 234 g/mol. The van der Waals surface area contributed by atoms with E-state index in [-0.39, 0.29) is 5.43 Å². The largest absolute Gasteiger partial charge is 0.358 e. The molecule has 1 aromatic heterocycles. The lowest BCUT2D eigenvalue weighted by Gasteiger charge is -2.10. The molecule has 0 amide bonds. The van der Waals surface area contributed by atoms with Gasteiger partial charge in [-0.15, -0.1) is 0 Å². The Hall–Kier alpha value is -2.35. The Balaban J connectivity index is 2.43. The lowest BCUT2D eigenvalue weighted by Crippen LogP contribution is -2.10. The van der Waals surface area contributed by atoms with Gasteiger partial charge in [0.2, 0.25) is 0 Å². The maximum Gasteiger partial charge on any atom is 0.197 e. The minimum absolute atomic E-state index is 0.0983. The highest BCUT2D eigenvalue weighted by Crippen LogP contribution is 2.24. The summed E-state index contributed by atoms with van der Waals surface area (Å²) >= 11 is 0. The van der Waals surface area contributed by atoms with Crippen molar-refractivity contribution < 1.29 is 0 Å². The quantitative estimate of drug-likeness (QED) is 0.699. The van der Waals surface area contributed by atoms with Gasteiger partial charge in [0.1, 0.15) is 0 Å². The molecule has 0 saturated heterocycles. The van der Waals surface area contributed by atoms with Gasteiger partial charge in [-0.25, -0.2) is 0 Å². The van der Waals surface area contributed by atoms with Crippen molar-refractivity contribution in [3.05, 3.63) is 70.0 Å². The van der Waals surface area contributed by atoms with Gasteiger partial charge in [-0.2, -0.15) is 0 Å². The Bertz CT molecular complexity index is 815. The third-order valence-electron chi connectivity index (χ3n) is 3.51. The molecule has 2 heteroatoms. The molecule has 3 aromatic rings. The number of pyridine rings is 1. The first-order valence-corrected chi connectivity index (χ1v) is 6.36. The standard InChI is InChI=1S/C17H15NO/c1-11-7-3-4-8-13(11)16-12(2)18-15-10-6-5-9-14(15)17(16)19/h3-10H,1-2H3,(H,18,19). The smallest absolute Gasteiger partial charge is 0.197 e. The predicted octanol–water partition coefficient (Wildman–Crippen LogP) is 3.81. The summed E-state index contributed by atoms with van der Waals surface area (Å²) in [7, 11) is 0. The summed E-state index contributed by atoms with van der Waals surface area (Å²) in [5.74, 6) is 0. The highest BCUT2D eigenvalue weighted by molar-refractivity contribution is 5.85. The summed E-state index contributed by atoms with van der Waals surface area (Å²) in [5.41, 5.74) is 4.80. The van der Waals surface area contributed by atoms with Crippen molar-refractivity contribution in [2.24, 2.45) is 0 Å². The average Bonchev–Trinajstić information content (AvgIpc) is 2.41. The van der Waals surface area contributed by atoms with Crippen LogP contribution < -0.4 is 5.43 Å². The first-order chi connectivity index (χ1) is 9.18. The number of hydrogen-bond donors (Lipinski definition) is 1. The van der Waals surface area contributed by atoms with E-state index >= 15 is 0 Å². The van der Waals surface area contributed by atoms with Crippen LogP contribution in [0, 0.1) is 13.8 Å². The molecule has 0 fully saturated rings. The molecule has 0 unspecified atom stereocenters. The number of benzene rings is 2. The molecule has 0 aliphatic rings. The molecular formula is C17H15NO. The number of fused-ring (bicyclic) bond motifs is 1. The zero-order chi connectivity index (χ0) is 13.4. The second-order valence-electron chi connectivity index (χ2n) is 4.81. The van der Waals surface area contributed by atoms with Crippen LogP contribution in [0.1, 0.15) is 11.3 Å². The normalized spacial score (nSPS) is 10.8. The van der Waals surface area contributed by atoms with E-state index in [0.29, 0.717) is 0 Å². The number of para-hydroxylation sites is 1. The highest BCUT2D eigenvalue weighted by Gasteiger charge is 2.12. The van der Waals surface area contributed by atoms with Crippen molar-refractivity contribution in [3.63, 3.8) is 0 Å². The number of rotatable bonds is 1. The van der Waals surface area contributed by atoms with Gasteiger partial charge < -0.3 is 4.98 Å². The minimum atomic E-state index is 0.0983. The minimum Gasteiger partial charge on any atom is -0.358 e. The zero-order valence-corrected chi connectivity index (χ0v) is 11.0. The molecule has 19 heavy (non-hydrogen) atoms. The Labute approximate surface area is 111 Å². The Kier molecular flexibility index (Phi) is 2.71.